The molecule has 1 aliphatic rings. The fraction of sp³-hybridized carbons (Fsp3) is 0.800. The standard InChI is InChI=1S/C10H19N5OS/c1-15(4-5-16-7-8-2-3-8)6-9-10(12-11)17-14-13-9/h8,12H,2-7,11H2,1H3. The van der Waals surface area contributed by atoms with Gasteiger partial charge in [-0.3, -0.25) is 4.90 Å². The molecule has 96 valence electrons. The maximum absolute atomic E-state index is 5.59. The predicted octanol–water partition coefficient (Wildman–Crippen LogP) is 0.682. The molecule has 2 rings (SSSR count). The maximum Gasteiger partial charge on any atom is 0.148 e. The van der Waals surface area contributed by atoms with Gasteiger partial charge in [-0.2, -0.15) is 0 Å². The highest BCUT2D eigenvalue weighted by Crippen LogP contribution is 2.28. The van der Waals surface area contributed by atoms with Crippen molar-refractivity contribution in [2.75, 3.05) is 32.2 Å². The molecular formula is C10H19N5OS. The molecule has 17 heavy (non-hydrogen) atoms. The summed E-state index contributed by atoms with van der Waals surface area (Å²) in [6.07, 6.45) is 2.68. The molecule has 1 fully saturated rings. The number of hydrogen-bond donors (Lipinski definition) is 2. The van der Waals surface area contributed by atoms with Crippen LogP contribution in [0, 0.1) is 5.92 Å². The molecule has 1 aromatic heterocycles. The van der Waals surface area contributed by atoms with E-state index in [-0.39, 0.29) is 0 Å². The van der Waals surface area contributed by atoms with E-state index in [1.165, 1.54) is 24.4 Å². The van der Waals surface area contributed by atoms with Crippen LogP contribution in [0.2, 0.25) is 0 Å². The van der Waals surface area contributed by atoms with Crippen molar-refractivity contribution >= 4 is 16.5 Å². The van der Waals surface area contributed by atoms with Crippen LogP contribution >= 0.6 is 11.5 Å². The van der Waals surface area contributed by atoms with Crippen LogP contribution in [0.5, 0.6) is 0 Å². The summed E-state index contributed by atoms with van der Waals surface area (Å²) in [5.41, 5.74) is 3.50. The lowest BCUT2D eigenvalue weighted by Gasteiger charge is -2.15. The second kappa shape index (κ2) is 6.25. The molecule has 0 amide bonds. The molecule has 0 spiro atoms. The lowest BCUT2D eigenvalue weighted by molar-refractivity contribution is 0.101. The molecule has 0 aliphatic heterocycles. The first-order valence-electron chi connectivity index (χ1n) is 5.83. The Labute approximate surface area is 105 Å². The first-order chi connectivity index (χ1) is 8.29. The number of hydrogen-bond acceptors (Lipinski definition) is 7. The first kappa shape index (κ1) is 12.7. The Kier molecular flexibility index (Phi) is 4.66. The number of anilines is 1. The zero-order valence-electron chi connectivity index (χ0n) is 10.1. The van der Waals surface area contributed by atoms with E-state index in [0.717, 1.165) is 42.9 Å². The third-order valence-electron chi connectivity index (χ3n) is 2.77. The summed E-state index contributed by atoms with van der Waals surface area (Å²) in [7, 11) is 2.04. The predicted molar refractivity (Wildman–Crippen MR) is 67.6 cm³/mol. The minimum atomic E-state index is 0.739. The van der Waals surface area contributed by atoms with Gasteiger partial charge in [0.25, 0.3) is 0 Å². The molecule has 1 saturated carbocycles. The number of nitrogen functional groups attached to an aromatic ring is 1. The van der Waals surface area contributed by atoms with Gasteiger partial charge < -0.3 is 10.2 Å². The number of nitrogens with zero attached hydrogens (tertiary/aromatic N) is 3. The Bertz CT molecular complexity index is 341. The van der Waals surface area contributed by atoms with Gasteiger partial charge in [0, 0.05) is 31.2 Å². The van der Waals surface area contributed by atoms with Crippen LogP contribution in [0.15, 0.2) is 0 Å². The summed E-state index contributed by atoms with van der Waals surface area (Å²) in [4.78, 5) is 2.16. The highest BCUT2D eigenvalue weighted by atomic mass is 32.1. The van der Waals surface area contributed by atoms with E-state index < -0.39 is 0 Å². The highest BCUT2D eigenvalue weighted by Gasteiger charge is 2.21. The van der Waals surface area contributed by atoms with Gasteiger partial charge in [-0.15, -0.1) is 5.10 Å². The van der Waals surface area contributed by atoms with Crippen molar-refractivity contribution in [3.05, 3.63) is 5.69 Å². The molecule has 6 nitrogen and oxygen atoms in total. The van der Waals surface area contributed by atoms with Crippen molar-refractivity contribution in [1.82, 2.24) is 14.5 Å². The lowest BCUT2D eigenvalue weighted by atomic mass is 10.4. The summed E-state index contributed by atoms with van der Waals surface area (Å²) < 4.78 is 9.45. The molecular weight excluding hydrogens is 238 g/mol. The quantitative estimate of drug-likeness (QED) is 0.405. The van der Waals surface area contributed by atoms with E-state index in [1.807, 2.05) is 7.05 Å². The zero-order chi connectivity index (χ0) is 12.1. The summed E-state index contributed by atoms with van der Waals surface area (Å²) >= 11 is 1.28. The second-order valence-electron chi connectivity index (χ2n) is 4.45. The van der Waals surface area contributed by atoms with Crippen LogP contribution in [0.3, 0.4) is 0 Å². The van der Waals surface area contributed by atoms with E-state index in [1.54, 1.807) is 0 Å². The van der Waals surface area contributed by atoms with Crippen LogP contribution in [-0.4, -0.2) is 41.3 Å². The van der Waals surface area contributed by atoms with Crippen LogP contribution in [-0.2, 0) is 11.3 Å². The molecule has 1 aromatic rings. The maximum atomic E-state index is 5.59. The minimum Gasteiger partial charge on any atom is -0.380 e. The van der Waals surface area contributed by atoms with E-state index in [4.69, 9.17) is 10.6 Å². The third-order valence-corrected chi connectivity index (χ3v) is 3.47. The summed E-state index contributed by atoms with van der Waals surface area (Å²) in [5, 5.41) is 4.87. The Morgan fingerprint density at radius 3 is 3.12 bits per heavy atom. The number of nitrogens with one attached hydrogen (secondary N) is 1. The Morgan fingerprint density at radius 2 is 2.41 bits per heavy atom. The van der Waals surface area contributed by atoms with Crippen LogP contribution in [0.1, 0.15) is 18.5 Å². The van der Waals surface area contributed by atoms with Crippen molar-refractivity contribution in [1.29, 1.82) is 0 Å². The van der Waals surface area contributed by atoms with Gasteiger partial charge in [-0.05, 0) is 25.8 Å². The van der Waals surface area contributed by atoms with Gasteiger partial charge in [0.05, 0.1) is 6.61 Å². The largest absolute Gasteiger partial charge is 0.380 e. The number of likely N-dealkylation sites (N-methyl/N-ethyl adjacent to an activating group) is 1. The van der Waals surface area contributed by atoms with Crippen molar-refractivity contribution in [2.24, 2.45) is 11.8 Å². The summed E-state index contributed by atoms with van der Waals surface area (Å²) in [6.45, 7) is 3.33. The monoisotopic (exact) mass is 257 g/mol. The topological polar surface area (TPSA) is 76.3 Å². The van der Waals surface area contributed by atoms with Gasteiger partial charge in [-0.25, -0.2) is 5.84 Å². The van der Waals surface area contributed by atoms with Gasteiger partial charge in [0.1, 0.15) is 10.7 Å². The smallest absolute Gasteiger partial charge is 0.148 e. The lowest BCUT2D eigenvalue weighted by Crippen LogP contribution is -2.24. The molecule has 0 saturated heterocycles. The molecule has 0 atom stereocenters. The van der Waals surface area contributed by atoms with Gasteiger partial charge in [0.2, 0.25) is 0 Å². The molecule has 0 unspecified atom stereocenters. The average Bonchev–Trinajstić information content (AvgIpc) is 3.04. The zero-order valence-corrected chi connectivity index (χ0v) is 10.9. The summed E-state index contributed by atoms with van der Waals surface area (Å²) in [6, 6.07) is 0. The van der Waals surface area contributed by atoms with E-state index >= 15 is 0 Å². The minimum absolute atomic E-state index is 0.739. The van der Waals surface area contributed by atoms with Gasteiger partial charge in [0.15, 0.2) is 0 Å². The molecule has 7 heteroatoms. The second-order valence-corrected chi connectivity index (χ2v) is 5.20. The third kappa shape index (κ3) is 4.19. The van der Waals surface area contributed by atoms with Crippen molar-refractivity contribution in [3.8, 4) is 0 Å². The average molecular weight is 257 g/mol. The molecule has 3 N–H and O–H groups in total. The fourth-order valence-electron chi connectivity index (χ4n) is 1.51. The molecule has 0 radical (unpaired) electrons. The normalized spacial score (nSPS) is 15.5. The molecule has 0 aromatic carbocycles. The Hall–Kier alpha value is -0.760. The Morgan fingerprint density at radius 1 is 1.59 bits per heavy atom. The van der Waals surface area contributed by atoms with Gasteiger partial charge in [-0.1, -0.05) is 4.49 Å². The van der Waals surface area contributed by atoms with Crippen LogP contribution < -0.4 is 11.3 Å². The van der Waals surface area contributed by atoms with Crippen molar-refractivity contribution in [3.63, 3.8) is 0 Å². The highest BCUT2D eigenvalue weighted by molar-refractivity contribution is 7.10. The van der Waals surface area contributed by atoms with Crippen LogP contribution in [0.4, 0.5) is 5.00 Å². The SMILES string of the molecule is CN(CCOCC1CC1)Cc1nnsc1NN. The van der Waals surface area contributed by atoms with E-state index in [2.05, 4.69) is 19.9 Å². The van der Waals surface area contributed by atoms with E-state index in [9.17, 15) is 0 Å². The number of hydrazine groups is 1. The molecule has 1 aliphatic carbocycles. The van der Waals surface area contributed by atoms with Crippen molar-refractivity contribution < 1.29 is 4.74 Å². The number of rotatable bonds is 8. The van der Waals surface area contributed by atoms with Crippen LogP contribution in [0.25, 0.3) is 0 Å². The number of ether oxygens (including phenoxy) is 1. The van der Waals surface area contributed by atoms with Gasteiger partial charge >= 0.3 is 0 Å². The van der Waals surface area contributed by atoms with E-state index in [0.29, 0.717) is 0 Å². The number of nitrogens with two attached hydrogens (primary N) is 1. The Balaban J connectivity index is 1.63. The first-order valence-corrected chi connectivity index (χ1v) is 6.61. The number of aromatic nitrogens is 2. The summed E-state index contributed by atoms with van der Waals surface area (Å²) in [5.74, 6) is 6.20. The fourth-order valence-corrected chi connectivity index (χ4v) is 2.00. The van der Waals surface area contributed by atoms with Crippen molar-refractivity contribution in [2.45, 2.75) is 19.4 Å². The molecule has 0 bridgehead atoms. The molecule has 1 heterocycles.